The Labute approximate surface area is 99.2 Å². The van der Waals surface area contributed by atoms with Crippen LogP contribution in [0, 0.1) is 5.92 Å². The van der Waals surface area contributed by atoms with Crippen molar-refractivity contribution in [2.45, 2.75) is 70.9 Å². The lowest BCUT2D eigenvalue weighted by atomic mass is 9.85. The quantitative estimate of drug-likeness (QED) is 0.658. The lowest BCUT2D eigenvalue weighted by Gasteiger charge is -2.35. The van der Waals surface area contributed by atoms with Crippen LogP contribution in [-0.2, 0) is 0 Å². The molecule has 0 aromatic carbocycles. The average Bonchev–Trinajstić information content (AvgIpc) is 2.54. The Morgan fingerprint density at radius 1 is 1.33 bits per heavy atom. The number of hydrogen-bond acceptors (Lipinski definition) is 1. The molecule has 1 nitrogen and oxygen atoms in total. The zero-order valence-electron chi connectivity index (χ0n) is 10.0. The van der Waals surface area contributed by atoms with Gasteiger partial charge in [-0.05, 0) is 44.9 Å². The summed E-state index contributed by atoms with van der Waals surface area (Å²) >= 11 is 5.58. The van der Waals surface area contributed by atoms with Gasteiger partial charge in [-0.1, -0.05) is 32.0 Å². The minimum Gasteiger partial charge on any atom is -0.360 e. The number of likely N-dealkylation sites (tertiary alicyclic amines) is 1. The topological polar surface area (TPSA) is 3.24 Å². The van der Waals surface area contributed by atoms with E-state index in [1.54, 1.807) is 0 Å². The number of thiocarbonyl (C=S) groups is 1. The summed E-state index contributed by atoms with van der Waals surface area (Å²) in [5.41, 5.74) is 0. The molecule has 2 heteroatoms. The highest BCUT2D eigenvalue weighted by Crippen LogP contribution is 2.40. The van der Waals surface area contributed by atoms with E-state index in [0.717, 1.165) is 18.4 Å². The third-order valence-electron chi connectivity index (χ3n) is 4.10. The molecule has 86 valence electrons. The van der Waals surface area contributed by atoms with Gasteiger partial charge in [-0.2, -0.15) is 0 Å². The van der Waals surface area contributed by atoms with Crippen molar-refractivity contribution in [1.82, 2.24) is 4.90 Å². The third kappa shape index (κ3) is 2.20. The second kappa shape index (κ2) is 4.82. The van der Waals surface area contributed by atoms with Crippen molar-refractivity contribution in [3.8, 4) is 0 Å². The summed E-state index contributed by atoms with van der Waals surface area (Å²) in [7, 11) is 0. The van der Waals surface area contributed by atoms with Crippen molar-refractivity contribution in [3.05, 3.63) is 0 Å². The van der Waals surface area contributed by atoms with Gasteiger partial charge in [0, 0.05) is 12.1 Å². The van der Waals surface area contributed by atoms with E-state index in [-0.39, 0.29) is 0 Å². The normalized spacial score (nSPS) is 35.3. The second-order valence-electron chi connectivity index (χ2n) is 5.25. The molecule has 2 fully saturated rings. The molecule has 0 aromatic heterocycles. The van der Waals surface area contributed by atoms with Crippen molar-refractivity contribution in [2.24, 2.45) is 5.92 Å². The minimum absolute atomic E-state index is 0.706. The monoisotopic (exact) mass is 225 g/mol. The molecular formula is C13H23NS. The summed E-state index contributed by atoms with van der Waals surface area (Å²) < 4.78 is 0. The molecule has 1 aliphatic carbocycles. The summed E-state index contributed by atoms with van der Waals surface area (Å²) in [6.07, 6.45) is 9.39. The molecule has 2 aliphatic rings. The Morgan fingerprint density at radius 2 is 2.07 bits per heavy atom. The van der Waals surface area contributed by atoms with Crippen LogP contribution in [0.15, 0.2) is 0 Å². The van der Waals surface area contributed by atoms with E-state index in [1.165, 1.54) is 43.5 Å². The number of rotatable bonds is 2. The Kier molecular flexibility index (Phi) is 3.65. The maximum absolute atomic E-state index is 5.58. The summed E-state index contributed by atoms with van der Waals surface area (Å²) in [5.74, 6) is 0.948. The van der Waals surface area contributed by atoms with E-state index < -0.39 is 0 Å². The van der Waals surface area contributed by atoms with Gasteiger partial charge in [0.05, 0.1) is 4.99 Å². The Bertz CT molecular complexity index is 239. The van der Waals surface area contributed by atoms with Gasteiger partial charge in [-0.25, -0.2) is 0 Å². The van der Waals surface area contributed by atoms with Gasteiger partial charge in [-0.3, -0.25) is 0 Å². The molecule has 1 saturated carbocycles. The molecule has 0 N–H and O–H groups in total. The molecule has 0 spiro atoms. The van der Waals surface area contributed by atoms with E-state index in [0.29, 0.717) is 6.04 Å². The SMILES string of the molecule is CCCC(=S)N1C(C)CC2CCCCC21. The lowest BCUT2D eigenvalue weighted by molar-refractivity contribution is 0.239. The van der Waals surface area contributed by atoms with Gasteiger partial charge in [0.15, 0.2) is 0 Å². The highest BCUT2D eigenvalue weighted by molar-refractivity contribution is 7.80. The lowest BCUT2D eigenvalue weighted by Crippen LogP contribution is -2.41. The summed E-state index contributed by atoms with van der Waals surface area (Å²) in [6.45, 7) is 4.59. The number of fused-ring (bicyclic) bond motifs is 1. The molecule has 0 bridgehead atoms. The number of hydrogen-bond donors (Lipinski definition) is 0. The first kappa shape index (κ1) is 11.4. The van der Waals surface area contributed by atoms with Gasteiger partial charge >= 0.3 is 0 Å². The Hall–Kier alpha value is -0.110. The largest absolute Gasteiger partial charge is 0.360 e. The maximum atomic E-state index is 5.58. The molecule has 0 aromatic rings. The summed E-state index contributed by atoms with van der Waals surface area (Å²) in [6, 6.07) is 1.50. The summed E-state index contributed by atoms with van der Waals surface area (Å²) in [4.78, 5) is 3.82. The Balaban J connectivity index is 2.05. The van der Waals surface area contributed by atoms with E-state index in [9.17, 15) is 0 Å². The van der Waals surface area contributed by atoms with Crippen LogP contribution in [0.25, 0.3) is 0 Å². The predicted molar refractivity (Wildman–Crippen MR) is 69.2 cm³/mol. The fraction of sp³-hybridized carbons (Fsp3) is 0.923. The van der Waals surface area contributed by atoms with Crippen LogP contribution in [0.5, 0.6) is 0 Å². The molecule has 0 amide bonds. The second-order valence-corrected chi connectivity index (χ2v) is 5.72. The van der Waals surface area contributed by atoms with Crippen LogP contribution >= 0.6 is 12.2 Å². The van der Waals surface area contributed by atoms with Crippen LogP contribution in [0.3, 0.4) is 0 Å². The van der Waals surface area contributed by atoms with Gasteiger partial charge < -0.3 is 4.90 Å². The molecular weight excluding hydrogens is 202 g/mol. The van der Waals surface area contributed by atoms with Crippen molar-refractivity contribution < 1.29 is 0 Å². The maximum Gasteiger partial charge on any atom is 0.0784 e. The van der Waals surface area contributed by atoms with E-state index in [1.807, 2.05) is 0 Å². The first-order valence-electron chi connectivity index (χ1n) is 6.55. The van der Waals surface area contributed by atoms with E-state index in [2.05, 4.69) is 18.7 Å². The van der Waals surface area contributed by atoms with Gasteiger partial charge in [0.1, 0.15) is 0 Å². The zero-order valence-corrected chi connectivity index (χ0v) is 10.9. The average molecular weight is 225 g/mol. The first-order chi connectivity index (χ1) is 7.24. The molecule has 15 heavy (non-hydrogen) atoms. The van der Waals surface area contributed by atoms with Crippen molar-refractivity contribution in [3.63, 3.8) is 0 Å². The van der Waals surface area contributed by atoms with Crippen molar-refractivity contribution in [2.75, 3.05) is 0 Å². The van der Waals surface area contributed by atoms with Crippen LogP contribution < -0.4 is 0 Å². The van der Waals surface area contributed by atoms with Gasteiger partial charge in [-0.15, -0.1) is 0 Å². The smallest absolute Gasteiger partial charge is 0.0784 e. The highest BCUT2D eigenvalue weighted by atomic mass is 32.1. The van der Waals surface area contributed by atoms with Crippen LogP contribution in [-0.4, -0.2) is 22.0 Å². The minimum atomic E-state index is 0.706. The van der Waals surface area contributed by atoms with Gasteiger partial charge in [0.2, 0.25) is 0 Å². The predicted octanol–water partition coefficient (Wildman–Crippen LogP) is 3.77. The standard InChI is InChI=1S/C13H23NS/c1-3-6-13(15)14-10(2)9-11-7-4-5-8-12(11)14/h10-12H,3-9H2,1-2H3. The molecule has 3 atom stereocenters. The van der Waals surface area contributed by atoms with E-state index >= 15 is 0 Å². The third-order valence-corrected chi connectivity index (χ3v) is 4.51. The molecule has 1 heterocycles. The molecule has 1 saturated heterocycles. The van der Waals surface area contributed by atoms with Crippen LogP contribution in [0.1, 0.15) is 58.8 Å². The fourth-order valence-electron chi connectivity index (χ4n) is 3.48. The fourth-order valence-corrected chi connectivity index (χ4v) is 4.00. The zero-order chi connectivity index (χ0) is 10.8. The van der Waals surface area contributed by atoms with Gasteiger partial charge in [0.25, 0.3) is 0 Å². The summed E-state index contributed by atoms with van der Waals surface area (Å²) in [5, 5.41) is 0. The molecule has 3 unspecified atom stereocenters. The molecule has 2 rings (SSSR count). The first-order valence-corrected chi connectivity index (χ1v) is 6.96. The van der Waals surface area contributed by atoms with Crippen LogP contribution in [0.4, 0.5) is 0 Å². The molecule has 0 radical (unpaired) electrons. The highest BCUT2D eigenvalue weighted by Gasteiger charge is 2.40. The van der Waals surface area contributed by atoms with Crippen molar-refractivity contribution in [1.29, 1.82) is 0 Å². The molecule has 1 aliphatic heterocycles. The van der Waals surface area contributed by atoms with Crippen molar-refractivity contribution >= 4 is 17.2 Å². The Morgan fingerprint density at radius 3 is 2.80 bits per heavy atom. The van der Waals surface area contributed by atoms with Crippen LogP contribution in [0.2, 0.25) is 0 Å². The van der Waals surface area contributed by atoms with E-state index in [4.69, 9.17) is 12.2 Å². The number of nitrogens with zero attached hydrogens (tertiary/aromatic N) is 1.